The van der Waals surface area contributed by atoms with Crippen LogP contribution in [0.5, 0.6) is 0 Å². The lowest BCUT2D eigenvalue weighted by Gasteiger charge is -2.15. The van der Waals surface area contributed by atoms with E-state index < -0.39 is 0 Å². The lowest BCUT2D eigenvalue weighted by atomic mass is 9.96. The van der Waals surface area contributed by atoms with Gasteiger partial charge in [0.2, 0.25) is 0 Å². The molecule has 2 aromatic rings. The molecule has 18 heavy (non-hydrogen) atoms. The summed E-state index contributed by atoms with van der Waals surface area (Å²) in [6.07, 6.45) is 2.15. The van der Waals surface area contributed by atoms with Crippen molar-refractivity contribution in [2.75, 3.05) is 0 Å². The topological polar surface area (TPSA) is 30.7 Å². The summed E-state index contributed by atoms with van der Waals surface area (Å²) in [7, 11) is 0. The summed E-state index contributed by atoms with van der Waals surface area (Å²) in [5, 5.41) is 4.73. The van der Waals surface area contributed by atoms with Crippen molar-refractivity contribution >= 4 is 0 Å². The van der Waals surface area contributed by atoms with Gasteiger partial charge in [0.05, 0.1) is 6.04 Å². The van der Waals surface area contributed by atoms with Gasteiger partial charge in [-0.2, -0.15) is 5.10 Å². The Morgan fingerprint density at radius 3 is 2.56 bits per heavy atom. The molecule has 0 N–H and O–H groups in total. The largest absolute Gasteiger partial charge is 0.242 e. The van der Waals surface area contributed by atoms with Crippen molar-refractivity contribution in [3.8, 4) is 0 Å². The number of rotatable bonds is 1. The zero-order chi connectivity index (χ0) is 12.8. The Balaban J connectivity index is 1.99. The van der Waals surface area contributed by atoms with Gasteiger partial charge < -0.3 is 0 Å². The minimum absolute atomic E-state index is 0.0264. The van der Waals surface area contributed by atoms with Crippen LogP contribution in [0.1, 0.15) is 50.4 Å². The maximum absolute atomic E-state index is 4.73. The summed E-state index contributed by atoms with van der Waals surface area (Å²) in [6.45, 7) is 6.49. The molecule has 0 bridgehead atoms. The number of fused-ring (bicyclic) bond motifs is 1. The molecular formula is C15H19N3. The predicted molar refractivity (Wildman–Crippen MR) is 71.6 cm³/mol. The SMILES string of the molecule is CC(C)(C)c1nc2n(n1)C(c1ccccc1)CC2. The van der Waals surface area contributed by atoms with E-state index in [1.165, 1.54) is 5.56 Å². The van der Waals surface area contributed by atoms with Crippen LogP contribution in [0.25, 0.3) is 0 Å². The van der Waals surface area contributed by atoms with Crippen LogP contribution in [0.2, 0.25) is 0 Å². The van der Waals surface area contributed by atoms with Crippen molar-refractivity contribution in [1.82, 2.24) is 14.8 Å². The molecular weight excluding hydrogens is 222 g/mol. The first-order valence-electron chi connectivity index (χ1n) is 6.56. The minimum atomic E-state index is 0.0264. The summed E-state index contributed by atoms with van der Waals surface area (Å²) < 4.78 is 2.12. The Labute approximate surface area is 108 Å². The molecule has 1 unspecified atom stereocenters. The average Bonchev–Trinajstić information content (AvgIpc) is 2.88. The van der Waals surface area contributed by atoms with E-state index in [2.05, 4.69) is 60.8 Å². The first kappa shape index (κ1) is 11.5. The van der Waals surface area contributed by atoms with Crippen molar-refractivity contribution in [3.05, 3.63) is 47.5 Å². The predicted octanol–water partition coefficient (Wildman–Crippen LogP) is 3.11. The molecule has 1 aliphatic heterocycles. The van der Waals surface area contributed by atoms with E-state index in [-0.39, 0.29) is 5.41 Å². The highest BCUT2D eigenvalue weighted by Crippen LogP contribution is 2.31. The number of nitrogens with zero attached hydrogens (tertiary/aromatic N) is 3. The van der Waals surface area contributed by atoms with E-state index >= 15 is 0 Å². The fourth-order valence-corrected chi connectivity index (χ4v) is 2.46. The fraction of sp³-hybridized carbons (Fsp3) is 0.467. The third-order valence-corrected chi connectivity index (χ3v) is 3.49. The molecule has 3 heteroatoms. The summed E-state index contributed by atoms with van der Waals surface area (Å²) in [4.78, 5) is 4.69. The molecule has 0 fully saturated rings. The maximum Gasteiger partial charge on any atom is 0.156 e. The quantitative estimate of drug-likeness (QED) is 0.768. The second-order valence-corrected chi connectivity index (χ2v) is 6.01. The van der Waals surface area contributed by atoms with Crippen molar-refractivity contribution < 1.29 is 0 Å². The molecule has 1 atom stereocenters. The van der Waals surface area contributed by atoms with Gasteiger partial charge in [0.15, 0.2) is 5.82 Å². The Morgan fingerprint density at radius 2 is 1.89 bits per heavy atom. The Bertz CT molecular complexity index is 549. The van der Waals surface area contributed by atoms with Gasteiger partial charge in [0.25, 0.3) is 0 Å². The number of aryl methyl sites for hydroxylation is 1. The van der Waals surface area contributed by atoms with E-state index in [1.807, 2.05) is 0 Å². The van der Waals surface area contributed by atoms with Crippen molar-refractivity contribution in [2.45, 2.75) is 45.1 Å². The number of hydrogen-bond donors (Lipinski definition) is 0. The summed E-state index contributed by atoms with van der Waals surface area (Å²) >= 11 is 0. The van der Waals surface area contributed by atoms with Crippen LogP contribution in [0.4, 0.5) is 0 Å². The standard InChI is InChI=1S/C15H19N3/c1-15(2,3)14-16-13-10-9-12(18(13)17-14)11-7-5-4-6-8-11/h4-8,12H,9-10H2,1-3H3. The molecule has 2 heterocycles. The molecule has 0 amide bonds. The molecule has 0 radical (unpaired) electrons. The monoisotopic (exact) mass is 241 g/mol. The lowest BCUT2D eigenvalue weighted by Crippen LogP contribution is -2.15. The third kappa shape index (κ3) is 1.84. The summed E-state index contributed by atoms with van der Waals surface area (Å²) in [6, 6.07) is 11.0. The molecule has 0 saturated heterocycles. The van der Waals surface area contributed by atoms with Gasteiger partial charge in [-0.15, -0.1) is 0 Å². The summed E-state index contributed by atoms with van der Waals surface area (Å²) in [5.74, 6) is 2.09. The molecule has 0 saturated carbocycles. The highest BCUT2D eigenvalue weighted by atomic mass is 15.4. The highest BCUT2D eigenvalue weighted by molar-refractivity contribution is 5.23. The Hall–Kier alpha value is -1.64. The van der Waals surface area contributed by atoms with Crippen molar-refractivity contribution in [1.29, 1.82) is 0 Å². The zero-order valence-corrected chi connectivity index (χ0v) is 11.2. The smallest absolute Gasteiger partial charge is 0.156 e. The molecule has 0 spiro atoms. The number of aromatic nitrogens is 3. The van der Waals surface area contributed by atoms with Gasteiger partial charge in [-0.05, 0) is 12.0 Å². The van der Waals surface area contributed by atoms with Crippen LogP contribution in [0.3, 0.4) is 0 Å². The highest BCUT2D eigenvalue weighted by Gasteiger charge is 2.29. The Kier molecular flexibility index (Phi) is 2.51. The molecule has 3 nitrogen and oxygen atoms in total. The molecule has 1 aliphatic rings. The second kappa shape index (κ2) is 3.94. The van der Waals surface area contributed by atoms with Crippen LogP contribution in [-0.2, 0) is 11.8 Å². The third-order valence-electron chi connectivity index (χ3n) is 3.49. The summed E-state index contributed by atoms with van der Waals surface area (Å²) in [5.41, 5.74) is 1.36. The second-order valence-electron chi connectivity index (χ2n) is 6.01. The first-order chi connectivity index (χ1) is 8.55. The van der Waals surface area contributed by atoms with E-state index in [1.54, 1.807) is 0 Å². The number of benzene rings is 1. The average molecular weight is 241 g/mol. The van der Waals surface area contributed by atoms with Gasteiger partial charge in [-0.1, -0.05) is 51.1 Å². The van der Waals surface area contributed by atoms with Gasteiger partial charge in [-0.3, -0.25) is 0 Å². The van der Waals surface area contributed by atoms with Crippen LogP contribution in [0.15, 0.2) is 30.3 Å². The molecule has 0 aliphatic carbocycles. The van der Waals surface area contributed by atoms with Crippen LogP contribution in [0, 0.1) is 0 Å². The van der Waals surface area contributed by atoms with Crippen molar-refractivity contribution in [2.24, 2.45) is 0 Å². The maximum atomic E-state index is 4.73. The van der Waals surface area contributed by atoms with Crippen LogP contribution < -0.4 is 0 Å². The fourth-order valence-electron chi connectivity index (χ4n) is 2.46. The normalized spacial score (nSPS) is 18.9. The first-order valence-corrected chi connectivity index (χ1v) is 6.56. The van der Waals surface area contributed by atoms with E-state index in [0.29, 0.717) is 6.04 Å². The van der Waals surface area contributed by atoms with E-state index in [0.717, 1.165) is 24.5 Å². The molecule has 94 valence electrons. The van der Waals surface area contributed by atoms with Crippen LogP contribution in [-0.4, -0.2) is 14.8 Å². The van der Waals surface area contributed by atoms with Gasteiger partial charge in [0.1, 0.15) is 5.82 Å². The van der Waals surface area contributed by atoms with Crippen LogP contribution >= 0.6 is 0 Å². The van der Waals surface area contributed by atoms with E-state index in [9.17, 15) is 0 Å². The van der Waals surface area contributed by atoms with Crippen molar-refractivity contribution in [3.63, 3.8) is 0 Å². The lowest BCUT2D eigenvalue weighted by molar-refractivity contribution is 0.500. The minimum Gasteiger partial charge on any atom is -0.242 e. The Morgan fingerprint density at radius 1 is 1.17 bits per heavy atom. The molecule has 1 aromatic heterocycles. The van der Waals surface area contributed by atoms with Gasteiger partial charge in [0, 0.05) is 11.8 Å². The molecule has 3 rings (SSSR count). The van der Waals surface area contributed by atoms with Gasteiger partial charge in [-0.25, -0.2) is 9.67 Å². The van der Waals surface area contributed by atoms with Gasteiger partial charge >= 0.3 is 0 Å². The zero-order valence-electron chi connectivity index (χ0n) is 11.2. The number of hydrogen-bond acceptors (Lipinski definition) is 2. The van der Waals surface area contributed by atoms with E-state index in [4.69, 9.17) is 5.10 Å². The molecule has 1 aromatic carbocycles.